The Morgan fingerprint density at radius 1 is 1.17 bits per heavy atom. The van der Waals surface area contributed by atoms with Crippen LogP contribution in [-0.2, 0) is 9.59 Å². The Morgan fingerprint density at radius 3 is 2.50 bits per heavy atom. The highest BCUT2D eigenvalue weighted by atomic mass is 32.2. The van der Waals surface area contributed by atoms with Crippen molar-refractivity contribution in [3.8, 4) is 5.75 Å². The van der Waals surface area contributed by atoms with E-state index in [1.54, 1.807) is 13.0 Å². The lowest BCUT2D eigenvalue weighted by molar-refractivity contribution is -0.122. The molecule has 1 atom stereocenters. The van der Waals surface area contributed by atoms with Gasteiger partial charge in [-0.05, 0) is 38.1 Å². The number of hydrogen-bond acceptors (Lipinski definition) is 4. The number of para-hydroxylation sites is 1. The fourth-order valence-corrected chi connectivity index (χ4v) is 2.70. The number of rotatable bonds is 7. The number of hydrogen-bond donors (Lipinski definition) is 2. The van der Waals surface area contributed by atoms with Crippen LogP contribution in [0.15, 0.2) is 53.4 Å². The summed E-state index contributed by atoms with van der Waals surface area (Å²) in [5.41, 5.74) is 6.93. The Labute approximate surface area is 145 Å². The van der Waals surface area contributed by atoms with Crippen molar-refractivity contribution in [1.82, 2.24) is 0 Å². The van der Waals surface area contributed by atoms with Crippen molar-refractivity contribution in [1.29, 1.82) is 0 Å². The molecule has 0 aliphatic heterocycles. The molecule has 2 rings (SSSR count). The molecule has 1 unspecified atom stereocenters. The number of carbonyl (C=O) groups excluding carboxylic acids is 2. The van der Waals surface area contributed by atoms with Crippen LogP contribution in [0.3, 0.4) is 0 Å². The molecular formula is C18H20N2O3S. The minimum atomic E-state index is -0.651. The molecule has 2 aromatic carbocycles. The van der Waals surface area contributed by atoms with E-state index >= 15 is 0 Å². The Balaban J connectivity index is 2.00. The van der Waals surface area contributed by atoms with E-state index in [1.807, 2.05) is 49.4 Å². The van der Waals surface area contributed by atoms with Gasteiger partial charge in [-0.25, -0.2) is 0 Å². The van der Waals surface area contributed by atoms with E-state index in [4.69, 9.17) is 10.5 Å². The SMILES string of the molecule is Cc1ccc(OC(C)C(=O)Nc2ccccc2SCC(N)=O)cc1. The minimum absolute atomic E-state index is 0.155. The Hall–Kier alpha value is -2.47. The Kier molecular flexibility index (Phi) is 6.26. The van der Waals surface area contributed by atoms with Crippen LogP contribution >= 0.6 is 11.8 Å². The normalized spacial score (nSPS) is 11.6. The van der Waals surface area contributed by atoms with Gasteiger partial charge in [0.2, 0.25) is 5.91 Å². The molecule has 0 heterocycles. The van der Waals surface area contributed by atoms with Crippen LogP contribution in [0.5, 0.6) is 5.75 Å². The van der Waals surface area contributed by atoms with Gasteiger partial charge in [-0.1, -0.05) is 29.8 Å². The number of benzene rings is 2. The zero-order valence-electron chi connectivity index (χ0n) is 13.6. The molecule has 2 aromatic rings. The monoisotopic (exact) mass is 344 g/mol. The summed E-state index contributed by atoms with van der Waals surface area (Å²) in [5.74, 6) is 0.127. The second-order valence-electron chi connectivity index (χ2n) is 5.31. The summed E-state index contributed by atoms with van der Waals surface area (Å²) >= 11 is 1.28. The first kappa shape index (κ1) is 17.9. The number of carbonyl (C=O) groups is 2. The number of amides is 2. The van der Waals surface area contributed by atoms with E-state index in [0.29, 0.717) is 11.4 Å². The summed E-state index contributed by atoms with van der Waals surface area (Å²) in [5, 5.41) is 2.83. The average molecular weight is 344 g/mol. The second-order valence-corrected chi connectivity index (χ2v) is 6.33. The summed E-state index contributed by atoms with van der Waals surface area (Å²) in [4.78, 5) is 24.1. The molecule has 0 saturated carbocycles. The Morgan fingerprint density at radius 2 is 1.83 bits per heavy atom. The molecule has 5 nitrogen and oxygen atoms in total. The third-order valence-corrected chi connectivity index (χ3v) is 4.31. The molecule has 0 aromatic heterocycles. The van der Waals surface area contributed by atoms with Crippen LogP contribution in [0.1, 0.15) is 12.5 Å². The number of thioether (sulfide) groups is 1. The number of anilines is 1. The summed E-state index contributed by atoms with van der Waals surface area (Å²) in [6, 6.07) is 14.8. The van der Waals surface area contributed by atoms with E-state index < -0.39 is 12.0 Å². The van der Waals surface area contributed by atoms with Crippen molar-refractivity contribution in [3.63, 3.8) is 0 Å². The zero-order chi connectivity index (χ0) is 17.5. The molecule has 24 heavy (non-hydrogen) atoms. The lowest BCUT2D eigenvalue weighted by atomic mass is 10.2. The van der Waals surface area contributed by atoms with Crippen molar-refractivity contribution >= 4 is 29.3 Å². The van der Waals surface area contributed by atoms with E-state index in [1.165, 1.54) is 11.8 Å². The van der Waals surface area contributed by atoms with E-state index in [9.17, 15) is 9.59 Å². The molecule has 0 saturated heterocycles. The lowest BCUT2D eigenvalue weighted by Crippen LogP contribution is -2.30. The second kappa shape index (κ2) is 8.40. The highest BCUT2D eigenvalue weighted by molar-refractivity contribution is 8.00. The van der Waals surface area contributed by atoms with Gasteiger partial charge in [0.05, 0.1) is 11.4 Å². The number of primary amides is 1. The predicted molar refractivity (Wildman–Crippen MR) is 96.3 cm³/mol. The summed E-state index contributed by atoms with van der Waals surface area (Å²) in [7, 11) is 0. The molecule has 2 amide bonds. The van der Waals surface area contributed by atoms with Gasteiger partial charge in [0.15, 0.2) is 6.10 Å². The van der Waals surface area contributed by atoms with Crippen molar-refractivity contribution in [2.24, 2.45) is 5.73 Å². The highest BCUT2D eigenvalue weighted by Crippen LogP contribution is 2.27. The molecule has 0 aliphatic carbocycles. The maximum absolute atomic E-state index is 12.3. The van der Waals surface area contributed by atoms with Gasteiger partial charge < -0.3 is 15.8 Å². The Bertz CT molecular complexity index is 716. The van der Waals surface area contributed by atoms with Crippen LogP contribution in [0.2, 0.25) is 0 Å². The molecule has 3 N–H and O–H groups in total. The van der Waals surface area contributed by atoms with Gasteiger partial charge >= 0.3 is 0 Å². The largest absolute Gasteiger partial charge is 0.481 e. The smallest absolute Gasteiger partial charge is 0.265 e. The quantitative estimate of drug-likeness (QED) is 0.757. The van der Waals surface area contributed by atoms with Gasteiger partial charge in [-0.2, -0.15) is 0 Å². The lowest BCUT2D eigenvalue weighted by Gasteiger charge is -2.16. The molecule has 0 spiro atoms. The van der Waals surface area contributed by atoms with Crippen LogP contribution < -0.4 is 15.8 Å². The number of nitrogens with two attached hydrogens (primary N) is 1. The number of nitrogens with one attached hydrogen (secondary N) is 1. The first-order valence-corrected chi connectivity index (χ1v) is 8.48. The average Bonchev–Trinajstić information content (AvgIpc) is 2.56. The van der Waals surface area contributed by atoms with E-state index in [0.717, 1.165) is 10.5 Å². The zero-order valence-corrected chi connectivity index (χ0v) is 14.4. The molecule has 0 fully saturated rings. The van der Waals surface area contributed by atoms with Crippen molar-refractivity contribution in [2.75, 3.05) is 11.1 Å². The summed E-state index contributed by atoms with van der Waals surface area (Å²) < 4.78 is 5.65. The summed E-state index contributed by atoms with van der Waals surface area (Å²) in [6.45, 7) is 3.68. The fraction of sp³-hybridized carbons (Fsp3) is 0.222. The standard InChI is InChI=1S/C18H20N2O3S/c1-12-7-9-14(10-8-12)23-13(2)18(22)20-15-5-3-4-6-16(15)24-11-17(19)21/h3-10,13H,11H2,1-2H3,(H2,19,21)(H,20,22). The molecule has 0 aliphatic rings. The van der Waals surface area contributed by atoms with Gasteiger partial charge in [0.25, 0.3) is 5.91 Å². The first-order valence-electron chi connectivity index (χ1n) is 7.50. The maximum atomic E-state index is 12.3. The first-order chi connectivity index (χ1) is 11.5. The van der Waals surface area contributed by atoms with E-state index in [2.05, 4.69) is 5.32 Å². The number of aryl methyl sites for hydroxylation is 1. The van der Waals surface area contributed by atoms with Crippen LogP contribution in [-0.4, -0.2) is 23.7 Å². The van der Waals surface area contributed by atoms with Gasteiger partial charge in [-0.15, -0.1) is 11.8 Å². The molecule has 6 heteroatoms. The van der Waals surface area contributed by atoms with Gasteiger partial charge in [0.1, 0.15) is 5.75 Å². The van der Waals surface area contributed by atoms with Crippen LogP contribution in [0.25, 0.3) is 0 Å². The maximum Gasteiger partial charge on any atom is 0.265 e. The minimum Gasteiger partial charge on any atom is -0.481 e. The number of ether oxygens (including phenoxy) is 1. The molecular weight excluding hydrogens is 324 g/mol. The van der Waals surface area contributed by atoms with Crippen LogP contribution in [0.4, 0.5) is 5.69 Å². The highest BCUT2D eigenvalue weighted by Gasteiger charge is 2.16. The predicted octanol–water partition coefficient (Wildman–Crippen LogP) is 2.98. The third-order valence-electron chi connectivity index (χ3n) is 3.22. The van der Waals surface area contributed by atoms with Gasteiger partial charge in [0, 0.05) is 4.90 Å². The van der Waals surface area contributed by atoms with Crippen molar-refractivity contribution < 1.29 is 14.3 Å². The third kappa shape index (κ3) is 5.31. The molecule has 0 bridgehead atoms. The van der Waals surface area contributed by atoms with Crippen LogP contribution in [0, 0.1) is 6.92 Å². The fourth-order valence-electron chi connectivity index (χ4n) is 1.95. The molecule has 126 valence electrons. The van der Waals surface area contributed by atoms with Gasteiger partial charge in [-0.3, -0.25) is 9.59 Å². The van der Waals surface area contributed by atoms with Crippen molar-refractivity contribution in [2.45, 2.75) is 24.8 Å². The van der Waals surface area contributed by atoms with Crippen molar-refractivity contribution in [3.05, 3.63) is 54.1 Å². The topological polar surface area (TPSA) is 81.4 Å². The summed E-state index contributed by atoms with van der Waals surface area (Å²) in [6.07, 6.45) is -0.651. The molecule has 0 radical (unpaired) electrons. The van der Waals surface area contributed by atoms with E-state index in [-0.39, 0.29) is 11.7 Å².